The third-order valence-corrected chi connectivity index (χ3v) is 9.79. The van der Waals surface area contributed by atoms with E-state index in [4.69, 9.17) is 33.5 Å². The van der Waals surface area contributed by atoms with E-state index in [1.165, 1.54) is 12.7 Å². The van der Waals surface area contributed by atoms with Gasteiger partial charge in [-0.1, -0.05) is 11.6 Å². The molecule has 2 saturated carbocycles. The van der Waals surface area contributed by atoms with Crippen LogP contribution in [0.2, 0.25) is 0 Å². The number of carbonyl (C=O) groups is 3. The number of carboxylic acids is 1. The van der Waals surface area contributed by atoms with Gasteiger partial charge in [0.05, 0.1) is 43.7 Å². The Balaban J connectivity index is 0.000000158. The molecule has 4 saturated heterocycles. The number of carboxylic acid groups (broad SMARTS) is 1. The van der Waals surface area contributed by atoms with Gasteiger partial charge in [0, 0.05) is 27.1 Å². The summed E-state index contributed by atoms with van der Waals surface area (Å²) in [5, 5.41) is 8.87. The van der Waals surface area contributed by atoms with Gasteiger partial charge in [-0.2, -0.15) is 0 Å². The fraction of sp³-hybridized carbons (Fsp3) is 0.828. The van der Waals surface area contributed by atoms with Crippen LogP contribution in [0, 0.1) is 11.8 Å². The van der Waals surface area contributed by atoms with E-state index in [1.54, 1.807) is 7.11 Å². The van der Waals surface area contributed by atoms with E-state index in [2.05, 4.69) is 26.8 Å². The van der Waals surface area contributed by atoms with Crippen LogP contribution in [0.1, 0.15) is 66.2 Å². The fourth-order valence-corrected chi connectivity index (χ4v) is 7.32. The zero-order valence-corrected chi connectivity index (χ0v) is 23.8. The molecule has 0 aromatic heterocycles. The zero-order chi connectivity index (χ0) is 28.4. The van der Waals surface area contributed by atoms with Crippen molar-refractivity contribution < 1.29 is 47.9 Å². The van der Waals surface area contributed by atoms with Crippen molar-refractivity contribution in [2.45, 2.75) is 113 Å². The highest BCUT2D eigenvalue weighted by molar-refractivity contribution is 5.86. The molecule has 0 unspecified atom stereocenters. The summed E-state index contributed by atoms with van der Waals surface area (Å²) in [4.78, 5) is 35.0. The summed E-state index contributed by atoms with van der Waals surface area (Å²) < 4.78 is 33.8. The maximum atomic E-state index is 12.2. The maximum absolute atomic E-state index is 12.2. The molecule has 10 heteroatoms. The van der Waals surface area contributed by atoms with Crippen LogP contribution in [0.5, 0.6) is 0 Å². The lowest BCUT2D eigenvalue weighted by Crippen LogP contribution is -2.53. The van der Waals surface area contributed by atoms with Gasteiger partial charge in [-0.3, -0.25) is 14.4 Å². The number of ketones is 2. The van der Waals surface area contributed by atoms with E-state index in [0.717, 1.165) is 19.4 Å². The summed E-state index contributed by atoms with van der Waals surface area (Å²) >= 11 is 0. The minimum absolute atomic E-state index is 0.0248. The highest BCUT2D eigenvalue weighted by Crippen LogP contribution is 2.59. The van der Waals surface area contributed by atoms with Gasteiger partial charge in [0.25, 0.3) is 0 Å². The summed E-state index contributed by atoms with van der Waals surface area (Å²) in [5.74, 6) is -0.834. The first kappa shape index (κ1) is 28.8. The first-order valence-electron chi connectivity index (χ1n) is 14.0. The number of hydrogen-bond acceptors (Lipinski definition) is 9. The van der Waals surface area contributed by atoms with Crippen LogP contribution in [-0.4, -0.2) is 96.9 Å². The lowest BCUT2D eigenvalue weighted by Gasteiger charge is -2.37. The van der Waals surface area contributed by atoms with Crippen molar-refractivity contribution in [3.63, 3.8) is 0 Å². The smallest absolute Gasteiger partial charge is 0.306 e. The number of Topliss-reactive ketones (excluding diaryl/α,β-unsaturated/α-hetero) is 2. The molecule has 1 N–H and O–H groups in total. The standard InChI is InChI=1S/C16H24O4.C13H18O6/c1-10(2)5-6-12-15(3,20-12)14-13(18-4)11(17)7-8-16(14)9-19-16;1-12(8(19-12)5-9(15)16)11-10(17-2)7(14)3-4-13(11)6-18-13/h5,12-14H,6-9H2,1-4H3;8,10-11H,3-6H2,1-2H3,(H,15,16)/t12-,13-,14-,15+,16+;8-,10-,11-,12+,13+/m11/s1. The third kappa shape index (κ3) is 5.13. The number of epoxide rings is 4. The van der Waals surface area contributed by atoms with Crippen LogP contribution < -0.4 is 0 Å². The van der Waals surface area contributed by atoms with Gasteiger partial charge in [0.1, 0.15) is 34.6 Å². The lowest BCUT2D eigenvalue weighted by atomic mass is 9.69. The molecular weight excluding hydrogens is 508 g/mol. The molecule has 0 bridgehead atoms. The zero-order valence-electron chi connectivity index (χ0n) is 23.8. The molecule has 39 heavy (non-hydrogen) atoms. The number of rotatable bonds is 8. The summed E-state index contributed by atoms with van der Waals surface area (Å²) in [6.45, 7) is 9.48. The van der Waals surface area contributed by atoms with Crippen molar-refractivity contribution in [3.05, 3.63) is 11.6 Å². The molecule has 2 aliphatic carbocycles. The van der Waals surface area contributed by atoms with Crippen LogP contribution in [-0.2, 0) is 42.8 Å². The quantitative estimate of drug-likeness (QED) is 0.354. The summed E-state index contributed by atoms with van der Waals surface area (Å²) in [6, 6.07) is 0. The van der Waals surface area contributed by atoms with E-state index in [1.807, 2.05) is 6.92 Å². The Morgan fingerprint density at radius 1 is 0.897 bits per heavy atom. The van der Waals surface area contributed by atoms with Crippen LogP contribution in [0.25, 0.3) is 0 Å². The average Bonchev–Trinajstić information content (AvgIpc) is 3.73. The molecule has 0 aromatic carbocycles. The van der Waals surface area contributed by atoms with Gasteiger partial charge in [0.2, 0.25) is 0 Å². The summed E-state index contributed by atoms with van der Waals surface area (Å²) in [6.07, 6.45) is 4.42. The van der Waals surface area contributed by atoms with Crippen LogP contribution >= 0.6 is 0 Å². The van der Waals surface area contributed by atoms with E-state index in [9.17, 15) is 14.4 Å². The molecular formula is C29H42O10. The normalized spacial score (nSPS) is 47.3. The van der Waals surface area contributed by atoms with Gasteiger partial charge in [-0.25, -0.2) is 0 Å². The highest BCUT2D eigenvalue weighted by atomic mass is 16.6. The molecule has 10 nitrogen and oxygen atoms in total. The second-order valence-electron chi connectivity index (χ2n) is 12.6. The van der Waals surface area contributed by atoms with Gasteiger partial charge in [-0.05, 0) is 47.0 Å². The van der Waals surface area contributed by atoms with Crippen molar-refractivity contribution in [2.24, 2.45) is 11.8 Å². The molecule has 0 radical (unpaired) electrons. The summed E-state index contributed by atoms with van der Waals surface area (Å²) in [5.41, 5.74) is -0.159. The van der Waals surface area contributed by atoms with Crippen LogP contribution in [0.3, 0.4) is 0 Å². The van der Waals surface area contributed by atoms with Gasteiger partial charge >= 0.3 is 5.97 Å². The van der Waals surface area contributed by atoms with E-state index in [-0.39, 0.29) is 64.9 Å². The third-order valence-electron chi connectivity index (χ3n) is 9.79. The summed E-state index contributed by atoms with van der Waals surface area (Å²) in [7, 11) is 3.13. The Morgan fingerprint density at radius 2 is 1.33 bits per heavy atom. The highest BCUT2D eigenvalue weighted by Gasteiger charge is 2.73. The molecule has 6 aliphatic rings. The van der Waals surface area contributed by atoms with E-state index in [0.29, 0.717) is 25.9 Å². The minimum Gasteiger partial charge on any atom is -0.481 e. The van der Waals surface area contributed by atoms with Crippen molar-refractivity contribution in [3.8, 4) is 0 Å². The van der Waals surface area contributed by atoms with Gasteiger partial charge in [0.15, 0.2) is 11.6 Å². The molecule has 6 rings (SSSR count). The number of hydrogen-bond donors (Lipinski definition) is 1. The van der Waals surface area contributed by atoms with Crippen molar-refractivity contribution in [1.29, 1.82) is 0 Å². The number of allylic oxidation sites excluding steroid dienone is 1. The number of methoxy groups -OCH3 is 2. The molecule has 4 heterocycles. The van der Waals surface area contributed by atoms with E-state index < -0.39 is 17.7 Å². The van der Waals surface area contributed by atoms with Crippen molar-refractivity contribution in [2.75, 3.05) is 27.4 Å². The van der Waals surface area contributed by atoms with Crippen molar-refractivity contribution in [1.82, 2.24) is 0 Å². The predicted octanol–water partition coefficient (Wildman–Crippen LogP) is 2.65. The molecule has 0 aromatic rings. The molecule has 6 fully saturated rings. The Kier molecular flexibility index (Phi) is 7.39. The first-order chi connectivity index (χ1) is 18.4. The fourth-order valence-electron chi connectivity index (χ4n) is 7.32. The maximum Gasteiger partial charge on any atom is 0.306 e. The van der Waals surface area contributed by atoms with E-state index >= 15 is 0 Å². The first-order valence-corrected chi connectivity index (χ1v) is 14.0. The molecule has 10 atom stereocenters. The second kappa shape index (κ2) is 9.99. The number of aliphatic carboxylic acids is 1. The van der Waals surface area contributed by atoms with Crippen molar-refractivity contribution >= 4 is 17.5 Å². The Morgan fingerprint density at radius 3 is 1.72 bits per heavy atom. The second-order valence-corrected chi connectivity index (χ2v) is 12.6. The number of ether oxygens (including phenoxy) is 6. The SMILES string of the molecule is CO[C@@H]1C(=O)CC[C@]2(CO2)[C@H]1[C@@]1(C)O[C@@H]1CC(=O)O.CO[C@@H]1C(=O)CC[C@]2(CO2)[C@H]1[C@@]1(C)O[C@@H]1CC=C(C)C. The molecule has 4 aliphatic heterocycles. The minimum atomic E-state index is -0.893. The number of carbonyl (C=O) groups excluding carboxylic acids is 2. The van der Waals surface area contributed by atoms with Crippen LogP contribution in [0.4, 0.5) is 0 Å². The Bertz CT molecular complexity index is 1040. The monoisotopic (exact) mass is 550 g/mol. The Labute approximate surface area is 229 Å². The largest absolute Gasteiger partial charge is 0.481 e. The van der Waals surface area contributed by atoms with Gasteiger partial charge < -0.3 is 33.5 Å². The lowest BCUT2D eigenvalue weighted by molar-refractivity contribution is -0.142. The van der Waals surface area contributed by atoms with Crippen LogP contribution in [0.15, 0.2) is 11.6 Å². The molecule has 2 spiro atoms. The van der Waals surface area contributed by atoms with Gasteiger partial charge in [-0.15, -0.1) is 0 Å². The molecule has 218 valence electrons. The average molecular weight is 551 g/mol. The molecule has 0 amide bonds. The predicted molar refractivity (Wildman–Crippen MR) is 137 cm³/mol. The topological polar surface area (TPSA) is 140 Å². The Hall–Kier alpha value is -1.69.